The number of rotatable bonds is 4. The third-order valence-electron chi connectivity index (χ3n) is 5.15. The van der Waals surface area contributed by atoms with E-state index in [1.807, 2.05) is 42.2 Å². The van der Waals surface area contributed by atoms with E-state index in [4.69, 9.17) is 10.5 Å². The standard InChI is InChI=1S/C20H24N2O3/c1-13(20(24)22-9-7-14(8-10-22)19(21)23)15-3-4-17-12-18(25-2)6-5-16(17)11-15/h3-6,11-14H,7-10H2,1-2H3,(H2,21,23)/t13-/m0/s1. The Bertz CT molecular complexity index is 795. The van der Waals surface area contributed by atoms with Gasteiger partial charge in [-0.25, -0.2) is 0 Å². The molecule has 0 spiro atoms. The van der Waals surface area contributed by atoms with E-state index in [0.717, 1.165) is 22.1 Å². The summed E-state index contributed by atoms with van der Waals surface area (Å²) in [5.41, 5.74) is 6.36. The van der Waals surface area contributed by atoms with Crippen molar-refractivity contribution in [3.8, 4) is 5.75 Å². The highest BCUT2D eigenvalue weighted by atomic mass is 16.5. The van der Waals surface area contributed by atoms with Crippen LogP contribution in [-0.2, 0) is 9.59 Å². The van der Waals surface area contributed by atoms with Crippen LogP contribution < -0.4 is 10.5 Å². The number of primary amides is 1. The highest BCUT2D eigenvalue weighted by Gasteiger charge is 2.28. The second-order valence-electron chi connectivity index (χ2n) is 6.70. The zero-order valence-corrected chi connectivity index (χ0v) is 14.7. The molecule has 0 unspecified atom stereocenters. The van der Waals surface area contributed by atoms with Gasteiger partial charge >= 0.3 is 0 Å². The molecule has 25 heavy (non-hydrogen) atoms. The first-order valence-electron chi connectivity index (χ1n) is 8.65. The van der Waals surface area contributed by atoms with Crippen molar-refractivity contribution in [3.63, 3.8) is 0 Å². The van der Waals surface area contributed by atoms with Crippen molar-refractivity contribution in [2.75, 3.05) is 20.2 Å². The lowest BCUT2D eigenvalue weighted by Crippen LogP contribution is -2.43. The number of likely N-dealkylation sites (tertiary alicyclic amines) is 1. The minimum atomic E-state index is -0.259. The van der Waals surface area contributed by atoms with Crippen LogP contribution in [0.1, 0.15) is 31.2 Å². The summed E-state index contributed by atoms with van der Waals surface area (Å²) in [6.07, 6.45) is 1.32. The number of piperidine rings is 1. The van der Waals surface area contributed by atoms with Crippen LogP contribution in [0, 0.1) is 5.92 Å². The Hall–Kier alpha value is -2.56. The average Bonchev–Trinajstić information content (AvgIpc) is 2.66. The molecule has 0 aromatic heterocycles. The number of amides is 2. The summed E-state index contributed by atoms with van der Waals surface area (Å²) in [5, 5.41) is 2.18. The number of fused-ring (bicyclic) bond motifs is 1. The van der Waals surface area contributed by atoms with Crippen LogP contribution in [0.5, 0.6) is 5.75 Å². The molecule has 1 fully saturated rings. The van der Waals surface area contributed by atoms with Crippen LogP contribution in [0.3, 0.4) is 0 Å². The maximum Gasteiger partial charge on any atom is 0.229 e. The molecular formula is C20H24N2O3. The lowest BCUT2D eigenvalue weighted by Gasteiger charge is -2.32. The molecule has 2 aromatic rings. The third kappa shape index (κ3) is 3.60. The molecule has 1 saturated heterocycles. The van der Waals surface area contributed by atoms with Crippen molar-refractivity contribution in [2.45, 2.75) is 25.7 Å². The summed E-state index contributed by atoms with van der Waals surface area (Å²) in [5.74, 6) is 0.356. The summed E-state index contributed by atoms with van der Waals surface area (Å²) < 4.78 is 5.25. The van der Waals surface area contributed by atoms with E-state index in [0.29, 0.717) is 25.9 Å². The molecule has 2 N–H and O–H groups in total. The number of nitrogens with two attached hydrogens (primary N) is 1. The Morgan fingerprint density at radius 3 is 2.40 bits per heavy atom. The maximum atomic E-state index is 12.8. The molecular weight excluding hydrogens is 316 g/mol. The SMILES string of the molecule is COc1ccc2cc([C@H](C)C(=O)N3CCC(C(N)=O)CC3)ccc2c1. The van der Waals surface area contributed by atoms with Crippen LogP contribution >= 0.6 is 0 Å². The predicted octanol–water partition coefficient (Wildman–Crippen LogP) is 2.68. The molecule has 5 nitrogen and oxygen atoms in total. The third-order valence-corrected chi connectivity index (χ3v) is 5.15. The van der Waals surface area contributed by atoms with Crippen LogP contribution in [0.2, 0.25) is 0 Å². The first-order valence-corrected chi connectivity index (χ1v) is 8.65. The van der Waals surface area contributed by atoms with Gasteiger partial charge < -0.3 is 15.4 Å². The predicted molar refractivity (Wildman–Crippen MR) is 97.4 cm³/mol. The monoisotopic (exact) mass is 340 g/mol. The number of carbonyl (C=O) groups is 2. The number of hydrogen-bond donors (Lipinski definition) is 1. The largest absolute Gasteiger partial charge is 0.497 e. The smallest absolute Gasteiger partial charge is 0.229 e. The van der Waals surface area contributed by atoms with Crippen molar-refractivity contribution < 1.29 is 14.3 Å². The molecule has 0 bridgehead atoms. The van der Waals surface area contributed by atoms with Crippen molar-refractivity contribution in [1.82, 2.24) is 4.90 Å². The first-order chi connectivity index (χ1) is 12.0. The Labute approximate surface area is 147 Å². The second-order valence-corrected chi connectivity index (χ2v) is 6.70. The number of hydrogen-bond acceptors (Lipinski definition) is 3. The van der Waals surface area contributed by atoms with Crippen molar-refractivity contribution in [1.29, 1.82) is 0 Å². The Kier molecular flexibility index (Phi) is 4.93. The topological polar surface area (TPSA) is 72.6 Å². The maximum absolute atomic E-state index is 12.8. The van der Waals surface area contributed by atoms with Gasteiger partial charge in [0.25, 0.3) is 0 Å². The van der Waals surface area contributed by atoms with Crippen LogP contribution in [0.25, 0.3) is 10.8 Å². The Balaban J connectivity index is 1.74. The molecule has 5 heteroatoms. The van der Waals surface area contributed by atoms with E-state index in [1.165, 1.54) is 0 Å². The average molecular weight is 340 g/mol. The highest BCUT2D eigenvalue weighted by Crippen LogP contribution is 2.27. The van der Waals surface area contributed by atoms with Crippen LogP contribution in [0.4, 0.5) is 0 Å². The molecule has 0 radical (unpaired) electrons. The van der Waals surface area contributed by atoms with E-state index in [9.17, 15) is 9.59 Å². The Morgan fingerprint density at radius 1 is 1.12 bits per heavy atom. The fourth-order valence-electron chi connectivity index (χ4n) is 3.44. The van der Waals surface area contributed by atoms with Crippen LogP contribution in [0.15, 0.2) is 36.4 Å². The normalized spacial score (nSPS) is 16.6. The van der Waals surface area contributed by atoms with Gasteiger partial charge in [-0.15, -0.1) is 0 Å². The lowest BCUT2D eigenvalue weighted by molar-refractivity contribution is -0.135. The first kappa shape index (κ1) is 17.3. The van der Waals surface area contributed by atoms with Gasteiger partial charge in [-0.2, -0.15) is 0 Å². The molecule has 2 aromatic carbocycles. The van der Waals surface area contributed by atoms with Gasteiger partial charge in [0.1, 0.15) is 5.75 Å². The van der Waals surface area contributed by atoms with Gasteiger partial charge in [-0.1, -0.05) is 24.3 Å². The highest BCUT2D eigenvalue weighted by molar-refractivity contribution is 5.88. The zero-order valence-electron chi connectivity index (χ0n) is 14.7. The molecule has 2 amide bonds. The van der Waals surface area contributed by atoms with E-state index >= 15 is 0 Å². The van der Waals surface area contributed by atoms with Crippen molar-refractivity contribution in [3.05, 3.63) is 42.0 Å². The van der Waals surface area contributed by atoms with Gasteiger partial charge in [0.05, 0.1) is 13.0 Å². The quantitative estimate of drug-likeness (QED) is 0.930. The van der Waals surface area contributed by atoms with Crippen molar-refractivity contribution in [2.24, 2.45) is 11.7 Å². The molecule has 1 atom stereocenters. The van der Waals surface area contributed by atoms with Gasteiger partial charge in [0, 0.05) is 19.0 Å². The number of ether oxygens (including phenoxy) is 1. The molecule has 1 aliphatic rings. The van der Waals surface area contributed by atoms with Crippen molar-refractivity contribution >= 4 is 22.6 Å². The summed E-state index contributed by atoms with van der Waals surface area (Å²) in [7, 11) is 1.65. The van der Waals surface area contributed by atoms with Gasteiger partial charge in [-0.3, -0.25) is 9.59 Å². The minimum absolute atomic E-state index is 0.102. The lowest BCUT2D eigenvalue weighted by atomic mass is 9.93. The molecule has 0 aliphatic carbocycles. The van der Waals surface area contributed by atoms with Gasteiger partial charge in [0.15, 0.2) is 0 Å². The van der Waals surface area contributed by atoms with Crippen LogP contribution in [-0.4, -0.2) is 36.9 Å². The molecule has 1 aliphatic heterocycles. The fourth-order valence-corrected chi connectivity index (χ4v) is 3.44. The molecule has 1 heterocycles. The van der Waals surface area contributed by atoms with E-state index in [2.05, 4.69) is 6.07 Å². The summed E-state index contributed by atoms with van der Waals surface area (Å²) in [6.45, 7) is 3.14. The molecule has 0 saturated carbocycles. The number of benzene rings is 2. The minimum Gasteiger partial charge on any atom is -0.497 e. The summed E-state index contributed by atoms with van der Waals surface area (Å²) in [6, 6.07) is 12.0. The fraction of sp³-hybridized carbons (Fsp3) is 0.400. The summed E-state index contributed by atoms with van der Waals surface area (Å²) >= 11 is 0. The number of carbonyl (C=O) groups excluding carboxylic acids is 2. The molecule has 132 valence electrons. The van der Waals surface area contributed by atoms with E-state index in [-0.39, 0.29) is 23.7 Å². The number of methoxy groups -OCH3 is 1. The Morgan fingerprint density at radius 2 is 1.76 bits per heavy atom. The summed E-state index contributed by atoms with van der Waals surface area (Å²) in [4.78, 5) is 25.9. The number of nitrogens with zero attached hydrogens (tertiary/aromatic N) is 1. The molecule has 3 rings (SSSR count). The zero-order chi connectivity index (χ0) is 18.0. The van der Waals surface area contributed by atoms with Gasteiger partial charge in [-0.05, 0) is 48.2 Å². The van der Waals surface area contributed by atoms with Gasteiger partial charge in [0.2, 0.25) is 11.8 Å². The van der Waals surface area contributed by atoms with E-state index < -0.39 is 0 Å². The van der Waals surface area contributed by atoms with E-state index in [1.54, 1.807) is 7.11 Å². The second kappa shape index (κ2) is 7.13.